The quantitative estimate of drug-likeness (QED) is 0.389. The van der Waals surface area contributed by atoms with Gasteiger partial charge in [-0.25, -0.2) is 4.99 Å². The molecule has 174 valence electrons. The third-order valence-electron chi connectivity index (χ3n) is 5.22. The van der Waals surface area contributed by atoms with Gasteiger partial charge in [-0.15, -0.1) is 0 Å². The minimum atomic E-state index is -0.862. The summed E-state index contributed by atoms with van der Waals surface area (Å²) in [4.78, 5) is 6.92. The van der Waals surface area contributed by atoms with E-state index in [0.717, 1.165) is 49.7 Å². The van der Waals surface area contributed by atoms with Crippen LogP contribution in [0.15, 0.2) is 59.6 Å². The molecule has 0 spiro atoms. The highest BCUT2D eigenvalue weighted by molar-refractivity contribution is 5.79. The van der Waals surface area contributed by atoms with Crippen molar-refractivity contribution >= 4 is 5.96 Å². The van der Waals surface area contributed by atoms with E-state index in [-0.39, 0.29) is 0 Å². The smallest absolute Gasteiger partial charge is 0.191 e. The molecule has 0 amide bonds. The number of morpholine rings is 1. The van der Waals surface area contributed by atoms with E-state index in [1.807, 2.05) is 56.3 Å². The van der Waals surface area contributed by atoms with Gasteiger partial charge in [0.15, 0.2) is 5.96 Å². The van der Waals surface area contributed by atoms with Gasteiger partial charge in [0.05, 0.1) is 25.4 Å². The summed E-state index contributed by atoms with van der Waals surface area (Å²) in [5.41, 5.74) is 1.34. The van der Waals surface area contributed by atoms with E-state index in [4.69, 9.17) is 9.47 Å². The zero-order chi connectivity index (χ0) is 22.7. The lowest BCUT2D eigenvalue weighted by atomic mass is 10.1. The second kappa shape index (κ2) is 12.4. The lowest BCUT2D eigenvalue weighted by Crippen LogP contribution is -2.52. The number of hydrogen-bond acceptors (Lipinski definition) is 5. The monoisotopic (exact) mass is 440 g/mol. The van der Waals surface area contributed by atoms with Crippen LogP contribution in [0.25, 0.3) is 0 Å². The first kappa shape index (κ1) is 24.0. The molecule has 1 saturated heterocycles. The summed E-state index contributed by atoms with van der Waals surface area (Å²) in [6.45, 7) is 9.86. The minimum Gasteiger partial charge on any atom is -0.489 e. The van der Waals surface area contributed by atoms with Crippen molar-refractivity contribution in [3.05, 3.63) is 65.7 Å². The number of hydrogen-bond donors (Lipinski definition) is 3. The minimum absolute atomic E-state index is 0.413. The third-order valence-corrected chi connectivity index (χ3v) is 5.22. The Morgan fingerprint density at radius 3 is 2.59 bits per heavy atom. The van der Waals surface area contributed by atoms with Crippen molar-refractivity contribution in [2.24, 2.45) is 4.99 Å². The molecule has 0 aromatic heterocycles. The molecule has 7 heteroatoms. The van der Waals surface area contributed by atoms with Crippen molar-refractivity contribution in [3.63, 3.8) is 0 Å². The topological polar surface area (TPSA) is 78.4 Å². The number of nitrogens with one attached hydrogen (secondary N) is 2. The molecule has 0 aliphatic carbocycles. The summed E-state index contributed by atoms with van der Waals surface area (Å²) in [6, 6.07) is 18.1. The number of ether oxygens (including phenoxy) is 2. The van der Waals surface area contributed by atoms with Crippen LogP contribution in [-0.4, -0.2) is 67.5 Å². The van der Waals surface area contributed by atoms with Crippen LogP contribution < -0.4 is 15.4 Å². The van der Waals surface area contributed by atoms with Gasteiger partial charge in [-0.3, -0.25) is 4.90 Å². The fraction of sp³-hybridized carbons (Fsp3) is 0.480. The van der Waals surface area contributed by atoms with E-state index in [0.29, 0.717) is 32.2 Å². The van der Waals surface area contributed by atoms with Gasteiger partial charge >= 0.3 is 0 Å². The Balaban J connectivity index is 1.52. The van der Waals surface area contributed by atoms with Gasteiger partial charge in [-0.1, -0.05) is 42.5 Å². The first-order valence-electron chi connectivity index (χ1n) is 11.3. The lowest BCUT2D eigenvalue weighted by molar-refractivity contribution is -0.0201. The van der Waals surface area contributed by atoms with E-state index < -0.39 is 5.60 Å². The van der Waals surface area contributed by atoms with Gasteiger partial charge in [-0.05, 0) is 37.1 Å². The number of aliphatic imine (C=N–C) groups is 1. The normalized spacial score (nSPS) is 16.9. The SMILES string of the molecule is CCNC(=NCc1cccc(OCc2ccccc2)c1)NCC(C)(O)CN1CCOCC1. The maximum absolute atomic E-state index is 10.8. The van der Waals surface area contributed by atoms with Crippen LogP contribution >= 0.6 is 0 Å². The van der Waals surface area contributed by atoms with Crippen molar-refractivity contribution in [1.29, 1.82) is 0 Å². The number of aliphatic hydroxyl groups is 1. The van der Waals surface area contributed by atoms with Crippen LogP contribution in [0.5, 0.6) is 5.75 Å². The zero-order valence-corrected chi connectivity index (χ0v) is 19.2. The molecule has 1 unspecified atom stereocenters. The van der Waals surface area contributed by atoms with E-state index >= 15 is 0 Å². The molecule has 2 aromatic rings. The summed E-state index contributed by atoms with van der Waals surface area (Å²) in [6.07, 6.45) is 0. The van der Waals surface area contributed by atoms with Crippen LogP contribution in [-0.2, 0) is 17.9 Å². The molecular weight excluding hydrogens is 404 g/mol. The second-order valence-electron chi connectivity index (χ2n) is 8.36. The molecule has 1 aliphatic heterocycles. The average molecular weight is 441 g/mol. The van der Waals surface area contributed by atoms with Gasteiger partial charge < -0.3 is 25.2 Å². The first-order chi connectivity index (χ1) is 15.5. The molecule has 3 N–H and O–H groups in total. The fourth-order valence-electron chi connectivity index (χ4n) is 3.56. The maximum Gasteiger partial charge on any atom is 0.191 e. The van der Waals surface area contributed by atoms with Crippen LogP contribution in [0.4, 0.5) is 0 Å². The summed E-state index contributed by atoms with van der Waals surface area (Å²) in [5, 5.41) is 17.3. The Kier molecular flexibility index (Phi) is 9.34. The predicted molar refractivity (Wildman–Crippen MR) is 128 cm³/mol. The Hall–Kier alpha value is -2.61. The molecule has 2 aromatic carbocycles. The number of guanidine groups is 1. The van der Waals surface area contributed by atoms with Gasteiger partial charge in [-0.2, -0.15) is 0 Å². The standard InChI is InChI=1S/C25H36N4O3/c1-3-26-24(28-19-25(2,30)20-29-12-14-31-15-13-29)27-17-22-10-7-11-23(16-22)32-18-21-8-5-4-6-9-21/h4-11,16,30H,3,12-15,17-20H2,1-2H3,(H2,26,27,28). The van der Waals surface area contributed by atoms with E-state index in [9.17, 15) is 5.11 Å². The zero-order valence-electron chi connectivity index (χ0n) is 19.2. The maximum atomic E-state index is 10.8. The number of benzene rings is 2. The third kappa shape index (κ3) is 8.49. The van der Waals surface area contributed by atoms with Crippen molar-refractivity contribution in [1.82, 2.24) is 15.5 Å². The molecule has 1 fully saturated rings. The highest BCUT2D eigenvalue weighted by atomic mass is 16.5. The van der Waals surface area contributed by atoms with Crippen LogP contribution in [0.1, 0.15) is 25.0 Å². The number of nitrogens with zero attached hydrogens (tertiary/aromatic N) is 2. The first-order valence-corrected chi connectivity index (χ1v) is 11.3. The van der Waals surface area contributed by atoms with Crippen molar-refractivity contribution < 1.29 is 14.6 Å². The van der Waals surface area contributed by atoms with Crippen LogP contribution in [0.2, 0.25) is 0 Å². The molecule has 1 atom stereocenters. The van der Waals surface area contributed by atoms with Gasteiger partial charge in [0.1, 0.15) is 12.4 Å². The highest BCUT2D eigenvalue weighted by Crippen LogP contribution is 2.16. The molecule has 32 heavy (non-hydrogen) atoms. The van der Waals surface area contributed by atoms with E-state index in [1.54, 1.807) is 0 Å². The molecule has 3 rings (SSSR count). The molecule has 1 heterocycles. The lowest BCUT2D eigenvalue weighted by Gasteiger charge is -2.34. The highest BCUT2D eigenvalue weighted by Gasteiger charge is 2.25. The molecule has 7 nitrogen and oxygen atoms in total. The van der Waals surface area contributed by atoms with Crippen LogP contribution in [0, 0.1) is 0 Å². The summed E-state index contributed by atoms with van der Waals surface area (Å²) in [7, 11) is 0. The second-order valence-corrected chi connectivity index (χ2v) is 8.36. The van der Waals surface area contributed by atoms with E-state index in [2.05, 4.69) is 32.7 Å². The molecule has 0 saturated carbocycles. The Bertz CT molecular complexity index is 836. The van der Waals surface area contributed by atoms with Gasteiger partial charge in [0.2, 0.25) is 0 Å². The summed E-state index contributed by atoms with van der Waals surface area (Å²) < 4.78 is 11.3. The van der Waals surface area contributed by atoms with Crippen LogP contribution in [0.3, 0.4) is 0 Å². The summed E-state index contributed by atoms with van der Waals surface area (Å²) >= 11 is 0. The molecular formula is C25H36N4O3. The Labute approximate surface area is 191 Å². The van der Waals surface area contributed by atoms with E-state index in [1.165, 1.54) is 0 Å². The largest absolute Gasteiger partial charge is 0.489 e. The molecule has 1 aliphatic rings. The number of rotatable bonds is 10. The molecule has 0 bridgehead atoms. The fourth-order valence-corrected chi connectivity index (χ4v) is 3.56. The van der Waals surface area contributed by atoms with Gasteiger partial charge in [0.25, 0.3) is 0 Å². The average Bonchev–Trinajstić information content (AvgIpc) is 2.81. The van der Waals surface area contributed by atoms with Crippen molar-refractivity contribution in [2.45, 2.75) is 32.6 Å². The Morgan fingerprint density at radius 2 is 1.84 bits per heavy atom. The van der Waals surface area contributed by atoms with Gasteiger partial charge in [0, 0.05) is 32.7 Å². The number of β-amino-alcohol motifs (C(OH)–C–C–N with tert-alkyl or cyclic N) is 1. The summed E-state index contributed by atoms with van der Waals surface area (Å²) in [5.74, 6) is 1.51. The van der Waals surface area contributed by atoms with Crippen molar-refractivity contribution in [2.75, 3.05) is 45.9 Å². The Morgan fingerprint density at radius 1 is 1.09 bits per heavy atom. The van der Waals surface area contributed by atoms with Crippen molar-refractivity contribution in [3.8, 4) is 5.75 Å². The predicted octanol–water partition coefficient (Wildman–Crippen LogP) is 2.40. The molecule has 0 radical (unpaired) electrons.